The van der Waals surface area contributed by atoms with E-state index in [1.165, 1.54) is 71.3 Å². The van der Waals surface area contributed by atoms with Crippen LogP contribution < -0.4 is 0 Å². The van der Waals surface area contributed by atoms with E-state index in [4.69, 9.17) is 9.97 Å². The minimum atomic E-state index is -0.605. The summed E-state index contributed by atoms with van der Waals surface area (Å²) in [6.45, 7) is 0. The summed E-state index contributed by atoms with van der Waals surface area (Å²) in [5.74, 6) is 0.675. The third-order valence-electron chi connectivity index (χ3n) is 14.0. The molecule has 0 N–H and O–H groups in total. The molecule has 67 heavy (non-hydrogen) atoms. The van der Waals surface area contributed by atoms with Gasteiger partial charge in [0.15, 0.2) is 5.82 Å². The third kappa shape index (κ3) is 6.18. The molecule has 0 aliphatic heterocycles. The summed E-state index contributed by atoms with van der Waals surface area (Å²) in [6.07, 6.45) is 0. The molecule has 2 heteroatoms. The minimum Gasteiger partial charge on any atom is -0.228 e. The molecule has 1 aliphatic carbocycles. The van der Waals surface area contributed by atoms with E-state index in [2.05, 4.69) is 255 Å². The van der Waals surface area contributed by atoms with E-state index in [0.717, 1.165) is 44.8 Å². The Labute approximate surface area is 390 Å². The van der Waals surface area contributed by atoms with Gasteiger partial charge >= 0.3 is 0 Å². The van der Waals surface area contributed by atoms with Crippen molar-refractivity contribution in [1.29, 1.82) is 0 Å². The first-order valence-corrected chi connectivity index (χ1v) is 23.1. The standard InChI is InChI=1S/C65H42N2/c1-4-19-43(20-5-1)50-27-14-15-31-54(50)60-42-61(57-33-18-32-56-53-30-16-17-34-59(53)65(63(56)57,48-23-6-2-7-24-48)49-25-8-3-9-26-49)67-64(66-60)46-37-35-45(36-38-46)62-52-29-13-11-22-47(52)41-58-51-28-12-10-21-44(51)39-40-55(58)62/h1-42H. The van der Waals surface area contributed by atoms with Crippen LogP contribution in [0.4, 0.5) is 0 Å². The first-order chi connectivity index (χ1) is 33.2. The molecule has 0 amide bonds. The van der Waals surface area contributed by atoms with Gasteiger partial charge in [-0.3, -0.25) is 0 Å². The lowest BCUT2D eigenvalue weighted by Crippen LogP contribution is -2.29. The van der Waals surface area contributed by atoms with Crippen molar-refractivity contribution in [1.82, 2.24) is 9.97 Å². The Morgan fingerprint density at radius 1 is 0.284 bits per heavy atom. The molecule has 0 saturated carbocycles. The zero-order valence-corrected chi connectivity index (χ0v) is 36.6. The SMILES string of the molecule is c1ccc(-c2ccccc2-c2cc(-c3cccc4c3C(c3ccccc3)(c3ccccc3)c3ccccc3-4)nc(-c3ccc(-c4c5ccccc5cc5c4ccc4ccccc45)cc3)n2)cc1. The van der Waals surface area contributed by atoms with Crippen LogP contribution in [0.15, 0.2) is 255 Å². The van der Waals surface area contributed by atoms with Gasteiger partial charge < -0.3 is 0 Å². The summed E-state index contributed by atoms with van der Waals surface area (Å²) in [5, 5.41) is 7.45. The maximum absolute atomic E-state index is 5.62. The Kier molecular flexibility index (Phi) is 9.11. The van der Waals surface area contributed by atoms with Crippen molar-refractivity contribution < 1.29 is 0 Å². The molecule has 0 atom stereocenters. The first-order valence-electron chi connectivity index (χ1n) is 23.1. The van der Waals surface area contributed by atoms with E-state index in [0.29, 0.717) is 5.82 Å². The maximum Gasteiger partial charge on any atom is 0.160 e. The molecule has 0 radical (unpaired) electrons. The largest absolute Gasteiger partial charge is 0.228 e. The lowest BCUT2D eigenvalue weighted by Gasteiger charge is -2.35. The van der Waals surface area contributed by atoms with Crippen LogP contribution in [0.3, 0.4) is 0 Å². The van der Waals surface area contributed by atoms with Crippen LogP contribution in [0.5, 0.6) is 0 Å². The van der Waals surface area contributed by atoms with Gasteiger partial charge in [0, 0.05) is 16.7 Å². The van der Waals surface area contributed by atoms with Gasteiger partial charge in [-0.2, -0.15) is 0 Å². The summed E-state index contributed by atoms with van der Waals surface area (Å²) < 4.78 is 0. The molecular weight excluding hydrogens is 809 g/mol. The van der Waals surface area contributed by atoms with Crippen LogP contribution in [0.2, 0.25) is 0 Å². The summed E-state index contributed by atoms with van der Waals surface area (Å²) in [4.78, 5) is 11.1. The van der Waals surface area contributed by atoms with Gasteiger partial charge in [-0.1, -0.05) is 243 Å². The van der Waals surface area contributed by atoms with Crippen molar-refractivity contribution in [3.63, 3.8) is 0 Å². The van der Waals surface area contributed by atoms with E-state index in [1.54, 1.807) is 0 Å². The van der Waals surface area contributed by atoms with Crippen molar-refractivity contribution in [3.05, 3.63) is 277 Å². The Bertz CT molecular complexity index is 3800. The Hall–Kier alpha value is -8.72. The summed E-state index contributed by atoms with van der Waals surface area (Å²) in [5.41, 5.74) is 16.2. The van der Waals surface area contributed by atoms with Gasteiger partial charge in [0.05, 0.1) is 16.8 Å². The highest BCUT2D eigenvalue weighted by atomic mass is 14.9. The second-order valence-electron chi connectivity index (χ2n) is 17.6. The molecule has 1 heterocycles. The normalized spacial score (nSPS) is 12.6. The third-order valence-corrected chi connectivity index (χ3v) is 14.0. The maximum atomic E-state index is 5.62. The monoisotopic (exact) mass is 850 g/mol. The highest BCUT2D eigenvalue weighted by Crippen LogP contribution is 2.58. The predicted molar refractivity (Wildman–Crippen MR) is 279 cm³/mol. The van der Waals surface area contributed by atoms with Crippen molar-refractivity contribution in [2.75, 3.05) is 0 Å². The Balaban J connectivity index is 1.05. The number of nitrogens with zero attached hydrogens (tertiary/aromatic N) is 2. The molecule has 13 rings (SSSR count). The minimum absolute atomic E-state index is 0.605. The quantitative estimate of drug-likeness (QED) is 0.118. The van der Waals surface area contributed by atoms with Crippen LogP contribution in [0, 0.1) is 0 Å². The number of rotatable bonds is 7. The molecule has 0 spiro atoms. The molecule has 11 aromatic carbocycles. The molecule has 1 aliphatic rings. The molecule has 2 nitrogen and oxygen atoms in total. The summed E-state index contributed by atoms with van der Waals surface area (Å²) in [7, 11) is 0. The second kappa shape index (κ2) is 15.8. The molecular formula is C65H42N2. The lowest BCUT2D eigenvalue weighted by molar-refractivity contribution is 0.769. The molecule has 0 fully saturated rings. The smallest absolute Gasteiger partial charge is 0.160 e. The van der Waals surface area contributed by atoms with Crippen molar-refractivity contribution in [2.24, 2.45) is 0 Å². The highest BCUT2D eigenvalue weighted by Gasteiger charge is 2.47. The van der Waals surface area contributed by atoms with Crippen LogP contribution in [-0.2, 0) is 5.41 Å². The number of aromatic nitrogens is 2. The van der Waals surface area contributed by atoms with Crippen LogP contribution >= 0.6 is 0 Å². The zero-order chi connectivity index (χ0) is 44.3. The second-order valence-corrected chi connectivity index (χ2v) is 17.6. The van der Waals surface area contributed by atoms with Crippen LogP contribution in [-0.4, -0.2) is 9.97 Å². The molecule has 12 aromatic rings. The molecule has 0 saturated heterocycles. The van der Waals surface area contributed by atoms with Crippen LogP contribution in [0.1, 0.15) is 22.3 Å². The van der Waals surface area contributed by atoms with E-state index >= 15 is 0 Å². The number of benzene rings is 11. The summed E-state index contributed by atoms with van der Waals surface area (Å²) in [6, 6.07) is 92.4. The number of fused-ring (bicyclic) bond motifs is 7. The molecule has 1 aromatic heterocycles. The fraction of sp³-hybridized carbons (Fsp3) is 0.0154. The Morgan fingerprint density at radius 3 is 1.55 bits per heavy atom. The van der Waals surface area contributed by atoms with E-state index in [9.17, 15) is 0 Å². The van der Waals surface area contributed by atoms with E-state index < -0.39 is 5.41 Å². The molecule has 0 unspecified atom stereocenters. The highest BCUT2D eigenvalue weighted by molar-refractivity contribution is 6.20. The fourth-order valence-corrected chi connectivity index (χ4v) is 11.1. The predicted octanol–water partition coefficient (Wildman–Crippen LogP) is 16.6. The number of hydrogen-bond donors (Lipinski definition) is 0. The topological polar surface area (TPSA) is 25.8 Å². The lowest BCUT2D eigenvalue weighted by atomic mass is 9.66. The summed E-state index contributed by atoms with van der Waals surface area (Å²) >= 11 is 0. The Morgan fingerprint density at radius 2 is 0.821 bits per heavy atom. The average Bonchev–Trinajstić information content (AvgIpc) is 3.72. The van der Waals surface area contributed by atoms with E-state index in [-0.39, 0.29) is 0 Å². The van der Waals surface area contributed by atoms with Gasteiger partial charge in [-0.15, -0.1) is 0 Å². The van der Waals surface area contributed by atoms with Gasteiger partial charge in [0.1, 0.15) is 0 Å². The van der Waals surface area contributed by atoms with Crippen molar-refractivity contribution >= 4 is 32.3 Å². The first kappa shape index (κ1) is 38.7. The fourth-order valence-electron chi connectivity index (χ4n) is 11.1. The average molecular weight is 851 g/mol. The van der Waals surface area contributed by atoms with Gasteiger partial charge in [-0.25, -0.2) is 9.97 Å². The molecule has 0 bridgehead atoms. The molecule has 312 valence electrons. The van der Waals surface area contributed by atoms with Gasteiger partial charge in [-0.05, 0) is 100 Å². The number of hydrogen-bond acceptors (Lipinski definition) is 2. The van der Waals surface area contributed by atoms with E-state index in [1.807, 2.05) is 0 Å². The van der Waals surface area contributed by atoms with Gasteiger partial charge in [0.25, 0.3) is 0 Å². The van der Waals surface area contributed by atoms with Crippen molar-refractivity contribution in [3.8, 4) is 67.3 Å². The zero-order valence-electron chi connectivity index (χ0n) is 36.6. The van der Waals surface area contributed by atoms with Gasteiger partial charge in [0.2, 0.25) is 0 Å². The van der Waals surface area contributed by atoms with Crippen molar-refractivity contribution in [2.45, 2.75) is 5.41 Å². The van der Waals surface area contributed by atoms with Crippen LogP contribution in [0.25, 0.3) is 99.6 Å².